The van der Waals surface area contributed by atoms with E-state index in [1.165, 1.54) is 0 Å². The molecular formula is C7H7IN2. The Kier molecular flexibility index (Phi) is 2.33. The maximum Gasteiger partial charge on any atom is 0.127 e. The van der Waals surface area contributed by atoms with Gasteiger partial charge >= 0.3 is 0 Å². The van der Waals surface area contributed by atoms with Crippen LogP contribution in [0.2, 0.25) is 0 Å². The molecule has 0 aliphatic carbocycles. The van der Waals surface area contributed by atoms with E-state index < -0.39 is 0 Å². The summed E-state index contributed by atoms with van der Waals surface area (Å²) in [6.07, 6.45) is 7.77. The molecule has 0 aromatic carbocycles. The number of halogens is 1. The van der Waals surface area contributed by atoms with Crippen LogP contribution in [0.4, 0.5) is 0 Å². The molecule has 1 aromatic rings. The van der Waals surface area contributed by atoms with E-state index in [0.29, 0.717) is 6.42 Å². The van der Waals surface area contributed by atoms with Gasteiger partial charge in [0.15, 0.2) is 0 Å². The zero-order valence-corrected chi connectivity index (χ0v) is 7.79. The number of aromatic nitrogens is 2. The third-order valence-electron chi connectivity index (χ3n) is 1.15. The Labute approximate surface area is 73.8 Å². The molecule has 0 spiro atoms. The maximum absolute atomic E-state index is 5.15. The molecular weight excluding hydrogens is 239 g/mol. The molecule has 0 unspecified atom stereocenters. The highest BCUT2D eigenvalue weighted by atomic mass is 127. The molecule has 0 radical (unpaired) electrons. The van der Waals surface area contributed by atoms with Crippen LogP contribution in [-0.2, 0) is 13.5 Å². The number of terminal acetylenes is 1. The van der Waals surface area contributed by atoms with Crippen molar-refractivity contribution in [3.8, 4) is 12.3 Å². The highest BCUT2D eigenvalue weighted by molar-refractivity contribution is 14.1. The average Bonchev–Trinajstić information content (AvgIpc) is 2.13. The van der Waals surface area contributed by atoms with Gasteiger partial charge in [-0.25, -0.2) is 0 Å². The van der Waals surface area contributed by atoms with Gasteiger partial charge in [-0.3, -0.25) is 4.68 Å². The lowest BCUT2D eigenvalue weighted by molar-refractivity contribution is 0.759. The topological polar surface area (TPSA) is 17.8 Å². The van der Waals surface area contributed by atoms with E-state index in [1.54, 1.807) is 4.68 Å². The minimum absolute atomic E-state index is 0.673. The molecule has 1 heterocycles. The zero-order chi connectivity index (χ0) is 7.56. The van der Waals surface area contributed by atoms with E-state index in [1.807, 2.05) is 13.2 Å². The Hall–Kier alpha value is -0.500. The fraction of sp³-hybridized carbons (Fsp3) is 0.286. The first kappa shape index (κ1) is 7.61. The van der Waals surface area contributed by atoms with E-state index in [4.69, 9.17) is 6.42 Å². The second-order valence-electron chi connectivity index (χ2n) is 2.00. The molecule has 0 amide bonds. The van der Waals surface area contributed by atoms with Gasteiger partial charge in [0.2, 0.25) is 0 Å². The van der Waals surface area contributed by atoms with Crippen molar-refractivity contribution in [2.24, 2.45) is 7.05 Å². The molecule has 1 rings (SSSR count). The highest BCUT2D eigenvalue weighted by Crippen LogP contribution is 2.08. The van der Waals surface area contributed by atoms with Gasteiger partial charge in [-0.2, -0.15) is 5.10 Å². The summed E-state index contributed by atoms with van der Waals surface area (Å²) in [7, 11) is 1.89. The first-order valence-electron chi connectivity index (χ1n) is 2.85. The Morgan fingerprint density at radius 1 is 1.90 bits per heavy atom. The van der Waals surface area contributed by atoms with Crippen molar-refractivity contribution in [1.82, 2.24) is 9.78 Å². The summed E-state index contributed by atoms with van der Waals surface area (Å²) in [4.78, 5) is 0. The predicted molar refractivity (Wildman–Crippen MR) is 48.5 cm³/mol. The largest absolute Gasteiger partial charge is 0.274 e. The van der Waals surface area contributed by atoms with Crippen molar-refractivity contribution in [2.45, 2.75) is 6.42 Å². The molecule has 0 atom stereocenters. The van der Waals surface area contributed by atoms with Crippen LogP contribution in [-0.4, -0.2) is 9.78 Å². The fourth-order valence-electron chi connectivity index (χ4n) is 0.739. The predicted octanol–water partition coefficient (Wildman–Crippen LogP) is 1.20. The first-order chi connectivity index (χ1) is 4.74. The Morgan fingerprint density at radius 3 is 3.00 bits per heavy atom. The lowest BCUT2D eigenvalue weighted by Crippen LogP contribution is -1.85. The second-order valence-corrected chi connectivity index (χ2v) is 3.02. The first-order valence-corrected chi connectivity index (χ1v) is 3.93. The molecule has 0 fully saturated rings. The summed E-state index contributed by atoms with van der Waals surface area (Å²) in [6.45, 7) is 0. The monoisotopic (exact) mass is 246 g/mol. The molecule has 0 aliphatic rings. The van der Waals surface area contributed by atoms with Crippen LogP contribution >= 0.6 is 22.6 Å². The van der Waals surface area contributed by atoms with E-state index in [-0.39, 0.29) is 0 Å². The van der Waals surface area contributed by atoms with Crippen molar-refractivity contribution >= 4 is 22.6 Å². The summed E-state index contributed by atoms with van der Waals surface area (Å²) in [6, 6.07) is 0. The Balaban J connectivity index is 2.94. The molecule has 52 valence electrons. The Morgan fingerprint density at radius 2 is 2.60 bits per heavy atom. The van der Waals surface area contributed by atoms with Crippen LogP contribution in [0.1, 0.15) is 5.56 Å². The number of nitrogens with zero attached hydrogens (tertiary/aromatic N) is 2. The van der Waals surface area contributed by atoms with Crippen molar-refractivity contribution in [2.75, 3.05) is 0 Å². The molecule has 0 N–H and O–H groups in total. The van der Waals surface area contributed by atoms with E-state index in [2.05, 4.69) is 33.6 Å². The highest BCUT2D eigenvalue weighted by Gasteiger charge is 2.00. The van der Waals surface area contributed by atoms with Crippen molar-refractivity contribution < 1.29 is 0 Å². The van der Waals surface area contributed by atoms with Crippen LogP contribution in [0.15, 0.2) is 6.20 Å². The van der Waals surface area contributed by atoms with Gasteiger partial charge in [0, 0.05) is 25.2 Å². The van der Waals surface area contributed by atoms with Crippen LogP contribution in [0.3, 0.4) is 0 Å². The summed E-state index contributed by atoms with van der Waals surface area (Å²) < 4.78 is 2.77. The van der Waals surface area contributed by atoms with E-state index in [9.17, 15) is 0 Å². The van der Waals surface area contributed by atoms with Gasteiger partial charge in [-0.1, -0.05) is 0 Å². The average molecular weight is 246 g/mol. The van der Waals surface area contributed by atoms with Crippen molar-refractivity contribution in [3.05, 3.63) is 15.5 Å². The molecule has 0 saturated heterocycles. The number of hydrogen-bond donors (Lipinski definition) is 0. The summed E-state index contributed by atoms with van der Waals surface area (Å²) in [5.41, 5.74) is 1.13. The van der Waals surface area contributed by atoms with Gasteiger partial charge in [0.25, 0.3) is 0 Å². The number of rotatable bonds is 1. The molecule has 0 aliphatic heterocycles. The summed E-state index contributed by atoms with van der Waals surface area (Å²) in [5.74, 6) is 2.58. The lowest BCUT2D eigenvalue weighted by Gasteiger charge is -1.83. The van der Waals surface area contributed by atoms with Gasteiger partial charge in [0.05, 0.1) is 0 Å². The summed E-state index contributed by atoms with van der Waals surface area (Å²) in [5, 5.41) is 4.14. The minimum Gasteiger partial charge on any atom is -0.274 e. The standard InChI is InChI=1S/C7H7IN2/c1-3-4-6-5-10(2)9-7(6)8/h1,5H,4H2,2H3. The van der Waals surface area contributed by atoms with E-state index >= 15 is 0 Å². The third-order valence-corrected chi connectivity index (χ3v) is 2.05. The van der Waals surface area contributed by atoms with Crippen LogP contribution < -0.4 is 0 Å². The fourth-order valence-corrected chi connectivity index (χ4v) is 1.41. The molecule has 3 heteroatoms. The molecule has 0 saturated carbocycles. The van der Waals surface area contributed by atoms with Gasteiger partial charge in [-0.05, 0) is 22.6 Å². The molecule has 2 nitrogen and oxygen atoms in total. The maximum atomic E-state index is 5.15. The van der Waals surface area contributed by atoms with Crippen LogP contribution in [0.5, 0.6) is 0 Å². The second kappa shape index (κ2) is 3.06. The molecule has 0 bridgehead atoms. The Bertz CT molecular complexity index is 270. The smallest absolute Gasteiger partial charge is 0.127 e. The van der Waals surface area contributed by atoms with Crippen LogP contribution in [0.25, 0.3) is 0 Å². The van der Waals surface area contributed by atoms with Gasteiger partial charge in [0.1, 0.15) is 3.70 Å². The van der Waals surface area contributed by atoms with Crippen LogP contribution in [0, 0.1) is 16.0 Å². The molecule has 10 heavy (non-hydrogen) atoms. The minimum atomic E-state index is 0.673. The zero-order valence-electron chi connectivity index (χ0n) is 5.63. The van der Waals surface area contributed by atoms with Crippen molar-refractivity contribution in [3.63, 3.8) is 0 Å². The van der Waals surface area contributed by atoms with Gasteiger partial charge < -0.3 is 0 Å². The molecule has 1 aromatic heterocycles. The lowest BCUT2D eigenvalue weighted by atomic mass is 10.3. The van der Waals surface area contributed by atoms with Gasteiger partial charge in [-0.15, -0.1) is 12.3 Å². The van der Waals surface area contributed by atoms with Crippen molar-refractivity contribution in [1.29, 1.82) is 0 Å². The summed E-state index contributed by atoms with van der Waals surface area (Å²) >= 11 is 2.18. The third kappa shape index (κ3) is 1.51. The number of aryl methyl sites for hydroxylation is 1. The van der Waals surface area contributed by atoms with E-state index in [0.717, 1.165) is 9.26 Å². The quantitative estimate of drug-likeness (QED) is 0.537. The normalized spacial score (nSPS) is 9.30. The number of hydrogen-bond acceptors (Lipinski definition) is 1. The SMILES string of the molecule is C#CCc1cn(C)nc1I.